The summed E-state index contributed by atoms with van der Waals surface area (Å²) >= 11 is 0.937. The third kappa shape index (κ3) is 2.70. The molecule has 19 heavy (non-hydrogen) atoms. The van der Waals surface area contributed by atoms with Gasteiger partial charge in [-0.25, -0.2) is 4.79 Å². The lowest BCUT2D eigenvalue weighted by Crippen LogP contribution is -2.28. The first-order chi connectivity index (χ1) is 9.02. The minimum absolute atomic E-state index is 0.0228. The second kappa shape index (κ2) is 5.31. The molecule has 1 aromatic rings. The van der Waals surface area contributed by atoms with Crippen LogP contribution in [0.3, 0.4) is 0 Å². The molecule has 0 saturated carbocycles. The van der Waals surface area contributed by atoms with Gasteiger partial charge in [-0.3, -0.25) is 14.5 Å². The zero-order chi connectivity index (χ0) is 14.0. The number of hydrogen-bond donors (Lipinski definition) is 1. The molecule has 1 aromatic carbocycles. The fourth-order valence-electron chi connectivity index (χ4n) is 1.74. The van der Waals surface area contributed by atoms with Crippen molar-refractivity contribution in [1.29, 1.82) is 0 Å². The summed E-state index contributed by atoms with van der Waals surface area (Å²) in [7, 11) is 1.45. The number of nitrogens with zero attached hydrogens (tertiary/aromatic N) is 1. The number of methoxy groups -OCH3 is 1. The van der Waals surface area contributed by atoms with E-state index in [1.165, 1.54) is 25.3 Å². The SMILES string of the molecule is COc1ccc(C(=O)O)cc1CN1C(=O)CSC1=O. The second-order valence-corrected chi connectivity index (χ2v) is 4.79. The summed E-state index contributed by atoms with van der Waals surface area (Å²) in [6, 6.07) is 4.33. The number of aromatic carboxylic acids is 1. The smallest absolute Gasteiger partial charge is 0.335 e. The first kappa shape index (κ1) is 13.4. The highest BCUT2D eigenvalue weighted by Crippen LogP contribution is 2.26. The molecule has 2 amide bonds. The van der Waals surface area contributed by atoms with E-state index in [1.807, 2.05) is 0 Å². The van der Waals surface area contributed by atoms with Crippen LogP contribution in [0, 0.1) is 0 Å². The van der Waals surface area contributed by atoms with Gasteiger partial charge in [0.2, 0.25) is 5.91 Å². The Kier molecular flexibility index (Phi) is 3.75. The quantitative estimate of drug-likeness (QED) is 0.902. The van der Waals surface area contributed by atoms with Gasteiger partial charge < -0.3 is 9.84 Å². The molecule has 1 fully saturated rings. The molecule has 2 rings (SSSR count). The Bertz CT molecular complexity index is 541. The molecule has 1 aliphatic rings. The second-order valence-electron chi connectivity index (χ2n) is 3.87. The molecular weight excluding hydrogens is 270 g/mol. The van der Waals surface area contributed by atoms with Crippen molar-refractivity contribution < 1.29 is 24.2 Å². The Hall–Kier alpha value is -2.02. The number of thioether (sulfide) groups is 1. The molecule has 0 radical (unpaired) electrons. The van der Waals surface area contributed by atoms with Crippen LogP contribution in [-0.4, -0.2) is 40.0 Å². The van der Waals surface area contributed by atoms with Crippen LogP contribution >= 0.6 is 11.8 Å². The van der Waals surface area contributed by atoms with E-state index < -0.39 is 5.97 Å². The van der Waals surface area contributed by atoms with E-state index in [4.69, 9.17) is 9.84 Å². The maximum atomic E-state index is 11.5. The van der Waals surface area contributed by atoms with Crippen molar-refractivity contribution in [3.63, 3.8) is 0 Å². The number of rotatable bonds is 4. The van der Waals surface area contributed by atoms with Crippen LogP contribution in [-0.2, 0) is 11.3 Å². The van der Waals surface area contributed by atoms with E-state index >= 15 is 0 Å². The number of imide groups is 1. The van der Waals surface area contributed by atoms with Crippen LogP contribution < -0.4 is 4.74 Å². The normalized spacial score (nSPS) is 14.9. The van der Waals surface area contributed by atoms with Gasteiger partial charge >= 0.3 is 5.97 Å². The lowest BCUT2D eigenvalue weighted by molar-refractivity contribution is -0.125. The number of hydrogen-bond acceptors (Lipinski definition) is 5. The summed E-state index contributed by atoms with van der Waals surface area (Å²) in [5.74, 6) is -0.780. The summed E-state index contributed by atoms with van der Waals surface area (Å²) in [5.41, 5.74) is 0.578. The van der Waals surface area contributed by atoms with Gasteiger partial charge in [-0.15, -0.1) is 0 Å². The molecule has 6 nitrogen and oxygen atoms in total. The van der Waals surface area contributed by atoms with Gasteiger partial charge in [0.05, 0.1) is 25.0 Å². The van der Waals surface area contributed by atoms with Crippen LogP contribution in [0.15, 0.2) is 18.2 Å². The molecule has 1 aliphatic heterocycles. The Labute approximate surface area is 113 Å². The summed E-state index contributed by atoms with van der Waals surface area (Å²) in [4.78, 5) is 35.1. The summed E-state index contributed by atoms with van der Waals surface area (Å²) in [6.07, 6.45) is 0. The molecular formula is C12H11NO5S. The third-order valence-electron chi connectivity index (χ3n) is 2.70. The standard InChI is InChI=1S/C12H11NO5S/c1-18-9-3-2-7(11(15)16)4-8(9)5-13-10(14)6-19-12(13)17/h2-4H,5-6H2,1H3,(H,15,16). The molecule has 0 aromatic heterocycles. The molecule has 1 N–H and O–H groups in total. The Morgan fingerprint density at radius 3 is 2.74 bits per heavy atom. The van der Waals surface area contributed by atoms with E-state index in [2.05, 4.69) is 0 Å². The van der Waals surface area contributed by atoms with Crippen molar-refractivity contribution in [2.45, 2.75) is 6.54 Å². The van der Waals surface area contributed by atoms with Gasteiger partial charge in [0.1, 0.15) is 5.75 Å². The molecule has 1 heterocycles. The fraction of sp³-hybridized carbons (Fsp3) is 0.250. The van der Waals surface area contributed by atoms with Crippen molar-refractivity contribution in [2.24, 2.45) is 0 Å². The van der Waals surface area contributed by atoms with Gasteiger partial charge in [0, 0.05) is 5.56 Å². The zero-order valence-electron chi connectivity index (χ0n) is 10.1. The topological polar surface area (TPSA) is 83.9 Å². The average Bonchev–Trinajstić information content (AvgIpc) is 2.70. The Morgan fingerprint density at radius 2 is 2.21 bits per heavy atom. The van der Waals surface area contributed by atoms with E-state index in [1.54, 1.807) is 0 Å². The number of benzene rings is 1. The van der Waals surface area contributed by atoms with E-state index in [0.717, 1.165) is 16.7 Å². The van der Waals surface area contributed by atoms with Crippen LogP contribution in [0.4, 0.5) is 4.79 Å². The van der Waals surface area contributed by atoms with Crippen molar-refractivity contribution >= 4 is 28.9 Å². The highest BCUT2D eigenvalue weighted by atomic mass is 32.2. The average molecular weight is 281 g/mol. The number of carbonyl (C=O) groups excluding carboxylic acids is 2. The number of carboxylic acid groups (broad SMARTS) is 1. The molecule has 0 aliphatic carbocycles. The molecule has 1 saturated heterocycles. The van der Waals surface area contributed by atoms with E-state index in [9.17, 15) is 14.4 Å². The van der Waals surface area contributed by atoms with Gasteiger partial charge in [0.15, 0.2) is 0 Å². The molecule has 0 unspecified atom stereocenters. The van der Waals surface area contributed by atoms with Crippen molar-refractivity contribution in [3.8, 4) is 5.75 Å². The number of amides is 2. The third-order valence-corrected chi connectivity index (χ3v) is 3.55. The summed E-state index contributed by atoms with van der Waals surface area (Å²) < 4.78 is 5.11. The van der Waals surface area contributed by atoms with Gasteiger partial charge in [-0.1, -0.05) is 11.8 Å². The predicted octanol–water partition coefficient (Wildman–Crippen LogP) is 1.59. The predicted molar refractivity (Wildman–Crippen MR) is 68.4 cm³/mol. The van der Waals surface area contributed by atoms with E-state index in [0.29, 0.717) is 11.3 Å². The van der Waals surface area contributed by atoms with Gasteiger partial charge in [-0.2, -0.15) is 0 Å². The number of ether oxygens (including phenoxy) is 1. The lowest BCUT2D eigenvalue weighted by atomic mass is 10.1. The minimum Gasteiger partial charge on any atom is -0.496 e. The zero-order valence-corrected chi connectivity index (χ0v) is 10.9. The van der Waals surface area contributed by atoms with E-state index in [-0.39, 0.29) is 29.0 Å². The minimum atomic E-state index is -1.07. The van der Waals surface area contributed by atoms with Crippen molar-refractivity contribution in [1.82, 2.24) is 4.90 Å². The molecule has 0 spiro atoms. The van der Waals surface area contributed by atoms with Crippen LogP contribution in [0.5, 0.6) is 5.75 Å². The fourth-order valence-corrected chi connectivity index (χ4v) is 2.46. The molecule has 100 valence electrons. The van der Waals surface area contributed by atoms with Crippen molar-refractivity contribution in [2.75, 3.05) is 12.9 Å². The number of carbonyl (C=O) groups is 3. The van der Waals surface area contributed by atoms with Gasteiger partial charge in [0.25, 0.3) is 5.24 Å². The highest BCUT2D eigenvalue weighted by Gasteiger charge is 2.30. The molecule has 0 bridgehead atoms. The van der Waals surface area contributed by atoms with Gasteiger partial charge in [-0.05, 0) is 18.2 Å². The largest absolute Gasteiger partial charge is 0.496 e. The summed E-state index contributed by atoms with van der Waals surface area (Å²) in [5, 5.41) is 8.62. The Balaban J connectivity index is 2.32. The number of carboxylic acids is 1. The maximum absolute atomic E-state index is 11.5. The highest BCUT2D eigenvalue weighted by molar-refractivity contribution is 8.14. The van der Waals surface area contributed by atoms with Crippen LogP contribution in [0.1, 0.15) is 15.9 Å². The first-order valence-electron chi connectivity index (χ1n) is 5.40. The Morgan fingerprint density at radius 1 is 1.47 bits per heavy atom. The molecule has 7 heteroatoms. The monoisotopic (exact) mass is 281 g/mol. The van der Waals surface area contributed by atoms with Crippen LogP contribution in [0.2, 0.25) is 0 Å². The van der Waals surface area contributed by atoms with Crippen molar-refractivity contribution in [3.05, 3.63) is 29.3 Å². The summed E-state index contributed by atoms with van der Waals surface area (Å²) in [6.45, 7) is 0.0228. The first-order valence-corrected chi connectivity index (χ1v) is 6.39. The maximum Gasteiger partial charge on any atom is 0.335 e. The lowest BCUT2D eigenvalue weighted by Gasteiger charge is -2.15. The van der Waals surface area contributed by atoms with Crippen LogP contribution in [0.25, 0.3) is 0 Å². The molecule has 0 atom stereocenters.